The van der Waals surface area contributed by atoms with E-state index in [-0.39, 0.29) is 12.3 Å². The van der Waals surface area contributed by atoms with Gasteiger partial charge < -0.3 is 10.1 Å². The highest BCUT2D eigenvalue weighted by Gasteiger charge is 2.19. The predicted octanol–water partition coefficient (Wildman–Crippen LogP) is 5.83. The number of benzene rings is 2. The van der Waals surface area contributed by atoms with Crippen LogP contribution < -0.4 is 15.5 Å². The van der Waals surface area contributed by atoms with Crippen LogP contribution in [0.3, 0.4) is 0 Å². The Bertz CT molecular complexity index is 975. The van der Waals surface area contributed by atoms with Crippen LogP contribution in [0.5, 0.6) is 5.75 Å². The molecule has 0 aromatic heterocycles. The molecule has 1 atom stereocenters. The van der Waals surface area contributed by atoms with Crippen molar-refractivity contribution in [2.24, 2.45) is 5.92 Å². The molecule has 1 unspecified atom stereocenters. The highest BCUT2D eigenvalue weighted by molar-refractivity contribution is 5.99. The molecule has 0 aliphatic heterocycles. The molecule has 0 saturated heterocycles. The van der Waals surface area contributed by atoms with E-state index in [0.717, 1.165) is 22.4 Å². The van der Waals surface area contributed by atoms with E-state index in [0.29, 0.717) is 0 Å². The molecule has 7 heteroatoms. The lowest BCUT2D eigenvalue weighted by Gasteiger charge is -2.07. The van der Waals surface area contributed by atoms with Gasteiger partial charge in [0.05, 0.1) is 13.7 Å². The molecule has 0 fully saturated rings. The fourth-order valence-corrected chi connectivity index (χ4v) is 2.52. The second-order valence-electron chi connectivity index (χ2n) is 7.34. The summed E-state index contributed by atoms with van der Waals surface area (Å²) in [5.74, 6) is 0.900. The average Bonchev–Trinajstić information content (AvgIpc) is 2.95. The summed E-state index contributed by atoms with van der Waals surface area (Å²) in [5, 5.41) is 10.5. The minimum absolute atomic E-state index is 0.0713. The van der Waals surface area contributed by atoms with Crippen LogP contribution in [-0.2, 0) is 9.59 Å². The molecule has 2 aromatic rings. The van der Waals surface area contributed by atoms with E-state index in [1.165, 1.54) is 25.2 Å². The Labute approximate surface area is 222 Å². The number of hydrogen-bond acceptors (Lipinski definition) is 5. The zero-order valence-corrected chi connectivity index (χ0v) is 23.1. The van der Waals surface area contributed by atoms with Gasteiger partial charge in [0.1, 0.15) is 11.7 Å². The Morgan fingerprint density at radius 1 is 1.03 bits per heavy atom. The van der Waals surface area contributed by atoms with Crippen LogP contribution >= 0.6 is 0 Å². The van der Waals surface area contributed by atoms with Crippen LogP contribution in [0.4, 0.5) is 0 Å². The van der Waals surface area contributed by atoms with Gasteiger partial charge in [0.2, 0.25) is 5.91 Å². The number of rotatable bonds is 8. The Kier molecular flexibility index (Phi) is 21.5. The van der Waals surface area contributed by atoms with E-state index in [4.69, 9.17) is 16.4 Å². The van der Waals surface area contributed by atoms with Gasteiger partial charge in [-0.3, -0.25) is 19.6 Å². The second kappa shape index (κ2) is 22.6. The monoisotopic (exact) mass is 510 g/mol. The third kappa shape index (κ3) is 15.7. The van der Waals surface area contributed by atoms with Gasteiger partial charge >= 0.3 is 0 Å². The Balaban J connectivity index is 0. The van der Waals surface area contributed by atoms with Crippen molar-refractivity contribution in [1.29, 1.82) is 0 Å². The lowest BCUT2D eigenvalue weighted by molar-refractivity contribution is -0.139. The zero-order valence-electron chi connectivity index (χ0n) is 23.1. The number of Topliss-reactive ketones (excluding diaryl/α,β-unsaturated/α-hetero) is 1. The number of terminal acetylenes is 1. The lowest BCUT2D eigenvalue weighted by atomic mass is 10.0. The van der Waals surface area contributed by atoms with E-state index in [9.17, 15) is 14.4 Å². The fraction of sp³-hybridized carbons (Fsp3) is 0.367. The minimum atomic E-state index is -0.941. The number of ketones is 1. The van der Waals surface area contributed by atoms with E-state index in [1.54, 1.807) is 14.0 Å². The normalized spacial score (nSPS) is 10.0. The van der Waals surface area contributed by atoms with E-state index in [1.807, 2.05) is 62.4 Å². The lowest BCUT2D eigenvalue weighted by Crippen LogP contribution is -2.38. The number of carbonyl (C=O) groups excluding carboxylic acids is 3. The van der Waals surface area contributed by atoms with Gasteiger partial charge in [0.25, 0.3) is 5.91 Å². The first-order valence-electron chi connectivity index (χ1n) is 12.3. The summed E-state index contributed by atoms with van der Waals surface area (Å²) >= 11 is 0. The summed E-state index contributed by atoms with van der Waals surface area (Å²) in [6, 6.07) is 15.5. The standard InChI is InChI=1S/C15H14O2.C7H10N2O3.C6H12.C2H6/c1-11(16)12-3-5-13(6-4-12)14-7-9-15(17-2)10-8-14;1-3-4-8-6(10)5(2)7(11)9-12;1-3-5-6-4-2;1-2/h3-10H,1-2H3;1,5,12H,4H2,2H3,(H,8,10)(H,9,11);3,5H,4,6H2,1-2H3;1-2H3/b;;5-3-;. The van der Waals surface area contributed by atoms with Crippen molar-refractivity contribution in [3.8, 4) is 29.2 Å². The Morgan fingerprint density at radius 2 is 1.54 bits per heavy atom. The molecule has 0 aliphatic carbocycles. The van der Waals surface area contributed by atoms with Gasteiger partial charge in [-0.15, -0.1) is 6.42 Å². The number of methoxy groups -OCH3 is 1. The van der Waals surface area contributed by atoms with E-state index in [2.05, 4.69) is 37.2 Å². The second-order valence-corrected chi connectivity index (χ2v) is 7.34. The van der Waals surface area contributed by atoms with Crippen LogP contribution in [-0.4, -0.2) is 36.5 Å². The molecule has 2 rings (SSSR count). The first-order chi connectivity index (χ1) is 17.7. The molecule has 0 aliphatic rings. The Morgan fingerprint density at radius 3 is 1.89 bits per heavy atom. The summed E-state index contributed by atoms with van der Waals surface area (Å²) in [6.07, 6.45) is 11.6. The zero-order chi connectivity index (χ0) is 28.6. The topological polar surface area (TPSA) is 105 Å². The molecule has 202 valence electrons. The van der Waals surface area contributed by atoms with Gasteiger partial charge in [-0.1, -0.05) is 81.7 Å². The van der Waals surface area contributed by atoms with Gasteiger partial charge in [-0.25, -0.2) is 5.48 Å². The SMILES string of the molecule is C#CCNC(=O)C(C)C(=O)NO.C/C=C\CCC.CC.COc1ccc(-c2ccc(C(C)=O)cc2)cc1. The summed E-state index contributed by atoms with van der Waals surface area (Å²) in [6.45, 7) is 11.2. The molecule has 7 nitrogen and oxygen atoms in total. The number of nitrogens with one attached hydrogen (secondary N) is 2. The quantitative estimate of drug-likeness (QED) is 0.103. The van der Waals surface area contributed by atoms with Crippen molar-refractivity contribution in [3.63, 3.8) is 0 Å². The number of hydrogen-bond donors (Lipinski definition) is 3. The van der Waals surface area contributed by atoms with Crippen LogP contribution in [0.1, 0.15) is 64.7 Å². The largest absolute Gasteiger partial charge is 0.497 e. The highest BCUT2D eigenvalue weighted by Crippen LogP contribution is 2.22. The number of unbranched alkanes of at least 4 members (excludes halogenated alkanes) is 1. The molecule has 0 bridgehead atoms. The number of hydroxylamine groups is 1. The van der Waals surface area contributed by atoms with Crippen molar-refractivity contribution < 1.29 is 24.3 Å². The van der Waals surface area contributed by atoms with Crippen LogP contribution in [0.25, 0.3) is 11.1 Å². The van der Waals surface area contributed by atoms with Crippen molar-refractivity contribution in [2.75, 3.05) is 13.7 Å². The summed E-state index contributed by atoms with van der Waals surface area (Å²) in [4.78, 5) is 32.7. The molecule has 0 saturated carbocycles. The average molecular weight is 511 g/mol. The molecular formula is C30H42N2O5. The van der Waals surface area contributed by atoms with Crippen molar-refractivity contribution in [3.05, 3.63) is 66.2 Å². The minimum Gasteiger partial charge on any atom is -0.497 e. The van der Waals surface area contributed by atoms with Crippen LogP contribution in [0.15, 0.2) is 60.7 Å². The molecule has 2 amide bonds. The summed E-state index contributed by atoms with van der Waals surface area (Å²) in [7, 11) is 1.65. The molecule has 2 aromatic carbocycles. The number of amides is 2. The van der Waals surface area contributed by atoms with Crippen molar-refractivity contribution in [1.82, 2.24) is 10.8 Å². The molecule has 37 heavy (non-hydrogen) atoms. The first kappa shape index (κ1) is 35.3. The van der Waals surface area contributed by atoms with E-state index < -0.39 is 17.7 Å². The van der Waals surface area contributed by atoms with Crippen molar-refractivity contribution >= 4 is 17.6 Å². The maximum atomic E-state index is 11.2. The maximum absolute atomic E-state index is 11.2. The molecule has 0 radical (unpaired) electrons. The van der Waals surface area contributed by atoms with Crippen LogP contribution in [0.2, 0.25) is 0 Å². The van der Waals surface area contributed by atoms with E-state index >= 15 is 0 Å². The van der Waals surface area contributed by atoms with Gasteiger partial charge in [-0.05, 0) is 50.5 Å². The number of allylic oxidation sites excluding steroid dienone is 2. The third-order valence-electron chi connectivity index (χ3n) is 4.67. The third-order valence-corrected chi connectivity index (χ3v) is 4.67. The highest BCUT2D eigenvalue weighted by atomic mass is 16.5. The van der Waals surface area contributed by atoms with Gasteiger partial charge in [0.15, 0.2) is 5.78 Å². The number of ether oxygens (including phenoxy) is 1. The first-order valence-corrected chi connectivity index (χ1v) is 12.3. The molecule has 3 N–H and O–H groups in total. The summed E-state index contributed by atoms with van der Waals surface area (Å²) in [5.41, 5.74) is 4.32. The van der Waals surface area contributed by atoms with Gasteiger partial charge in [0, 0.05) is 5.56 Å². The van der Waals surface area contributed by atoms with Crippen LogP contribution in [0, 0.1) is 18.3 Å². The molecule has 0 spiro atoms. The predicted molar refractivity (Wildman–Crippen MR) is 150 cm³/mol. The van der Waals surface area contributed by atoms with Crippen molar-refractivity contribution in [2.45, 2.75) is 54.4 Å². The van der Waals surface area contributed by atoms with Gasteiger partial charge in [-0.2, -0.15) is 0 Å². The Hall–Kier alpha value is -3.89. The molecular weight excluding hydrogens is 468 g/mol. The maximum Gasteiger partial charge on any atom is 0.255 e. The summed E-state index contributed by atoms with van der Waals surface area (Å²) < 4.78 is 5.11. The molecule has 0 heterocycles. The smallest absolute Gasteiger partial charge is 0.255 e. The fourth-order valence-electron chi connectivity index (χ4n) is 2.52. The number of carbonyl (C=O) groups is 3.